The monoisotopic (exact) mass is 576 g/mol. The van der Waals surface area contributed by atoms with Crippen LogP contribution in [0.2, 0.25) is 5.02 Å². The maximum absolute atomic E-state index is 13.4. The maximum atomic E-state index is 13.4. The SMILES string of the molecule is COC(=O)[C@H]1CN(S(=O)(=O)c2cc3ccc(Cl)cc3s2)CC(=O)N1Cc1ccc(C(=N)N(C)CC=O)cc1. The molecule has 1 saturated heterocycles. The van der Waals surface area contributed by atoms with Crippen molar-refractivity contribution in [3.63, 3.8) is 0 Å². The van der Waals surface area contributed by atoms with Gasteiger partial charge in [-0.25, -0.2) is 13.2 Å². The van der Waals surface area contributed by atoms with Gasteiger partial charge in [0.05, 0.1) is 20.2 Å². The summed E-state index contributed by atoms with van der Waals surface area (Å²) in [5.74, 6) is -1.10. The van der Waals surface area contributed by atoms with E-state index >= 15 is 0 Å². The van der Waals surface area contributed by atoms with Crippen LogP contribution in [0.1, 0.15) is 11.1 Å². The molecule has 0 unspecified atom stereocenters. The number of piperazine rings is 1. The number of esters is 1. The van der Waals surface area contributed by atoms with Gasteiger partial charge in [-0.15, -0.1) is 11.3 Å². The lowest BCUT2D eigenvalue weighted by atomic mass is 10.1. The molecule has 0 aliphatic carbocycles. The molecule has 1 aliphatic rings. The van der Waals surface area contributed by atoms with E-state index in [0.717, 1.165) is 15.6 Å². The van der Waals surface area contributed by atoms with Crippen LogP contribution in [0.4, 0.5) is 0 Å². The first-order valence-corrected chi connectivity index (χ1v) is 14.1. The summed E-state index contributed by atoms with van der Waals surface area (Å²) in [5.41, 5.74) is 1.26. The number of nitrogens with one attached hydrogen (secondary N) is 1. The lowest BCUT2D eigenvalue weighted by Gasteiger charge is -2.38. The van der Waals surface area contributed by atoms with Crippen LogP contribution >= 0.6 is 22.9 Å². The molecule has 1 N–H and O–H groups in total. The fourth-order valence-electron chi connectivity index (χ4n) is 4.11. The molecule has 0 saturated carbocycles. The predicted molar refractivity (Wildman–Crippen MR) is 144 cm³/mol. The van der Waals surface area contributed by atoms with Crippen LogP contribution in [-0.4, -0.2) is 86.4 Å². The Bertz CT molecular complexity index is 1510. The molecule has 3 aromatic rings. The van der Waals surface area contributed by atoms with Crippen LogP contribution in [0.3, 0.4) is 0 Å². The van der Waals surface area contributed by atoms with Crippen molar-refractivity contribution in [2.45, 2.75) is 16.8 Å². The average Bonchev–Trinajstić information content (AvgIpc) is 3.33. The maximum Gasteiger partial charge on any atom is 0.329 e. The number of aldehydes is 1. The third-order valence-electron chi connectivity index (χ3n) is 6.22. The molecular formula is C25H25ClN4O6S2. The standard InChI is InChI=1S/C25H25ClN4O6S2/c1-28(9-10-31)24(27)17-5-3-16(4-6-17)13-30-20(25(33)36-2)14-29(15-22(30)32)38(34,35)23-11-18-7-8-19(26)12-21(18)37-23/h3-8,10-12,20,27H,9,13-15H2,1-2H3/t20-/m1/s1. The van der Waals surface area contributed by atoms with Crippen LogP contribution in [0.5, 0.6) is 0 Å². The van der Waals surface area contributed by atoms with Crippen LogP contribution in [-0.2, 0) is 35.7 Å². The molecule has 2 aromatic carbocycles. The lowest BCUT2D eigenvalue weighted by molar-refractivity contribution is -0.157. The predicted octanol–water partition coefficient (Wildman–Crippen LogP) is 2.59. The Hall–Kier alpha value is -3.32. The number of benzene rings is 2. The number of hydrogen-bond donors (Lipinski definition) is 1. The molecule has 0 radical (unpaired) electrons. The van der Waals surface area contributed by atoms with Crippen molar-refractivity contribution >= 4 is 67.0 Å². The van der Waals surface area contributed by atoms with Gasteiger partial charge in [-0.2, -0.15) is 4.31 Å². The molecule has 1 fully saturated rings. The summed E-state index contributed by atoms with van der Waals surface area (Å²) in [6.45, 7) is -0.553. The topological polar surface area (TPSA) is 128 Å². The summed E-state index contributed by atoms with van der Waals surface area (Å²) >= 11 is 7.08. The smallest absolute Gasteiger partial charge is 0.329 e. The molecular weight excluding hydrogens is 552 g/mol. The van der Waals surface area contributed by atoms with Gasteiger partial charge in [-0.1, -0.05) is 41.9 Å². The zero-order valence-corrected chi connectivity index (χ0v) is 23.0. The Balaban J connectivity index is 1.56. The number of nitrogens with zero attached hydrogens (tertiary/aromatic N) is 3. The largest absolute Gasteiger partial charge is 0.467 e. The number of carbonyl (C=O) groups excluding carboxylic acids is 3. The van der Waals surface area contributed by atoms with E-state index in [1.807, 2.05) is 0 Å². The van der Waals surface area contributed by atoms with Crippen molar-refractivity contribution in [2.75, 3.05) is 33.8 Å². The number of ether oxygens (including phenoxy) is 1. The molecule has 1 aliphatic heterocycles. The van der Waals surface area contributed by atoms with Gasteiger partial charge < -0.3 is 19.3 Å². The van der Waals surface area contributed by atoms with E-state index in [4.69, 9.17) is 21.7 Å². The third-order valence-corrected chi connectivity index (χ3v) is 9.82. The van der Waals surface area contributed by atoms with E-state index in [1.54, 1.807) is 49.5 Å². The van der Waals surface area contributed by atoms with Crippen molar-refractivity contribution < 1.29 is 27.5 Å². The van der Waals surface area contributed by atoms with Gasteiger partial charge in [0.25, 0.3) is 10.0 Å². The molecule has 0 bridgehead atoms. The van der Waals surface area contributed by atoms with Crippen molar-refractivity contribution in [3.05, 3.63) is 64.7 Å². The molecule has 38 heavy (non-hydrogen) atoms. The van der Waals surface area contributed by atoms with Gasteiger partial charge in [-0.3, -0.25) is 10.2 Å². The number of thiophene rings is 1. The highest BCUT2D eigenvalue weighted by Gasteiger charge is 2.42. The van der Waals surface area contributed by atoms with E-state index in [0.29, 0.717) is 32.5 Å². The molecule has 2 heterocycles. The molecule has 13 heteroatoms. The summed E-state index contributed by atoms with van der Waals surface area (Å²) in [5, 5.41) is 9.37. The van der Waals surface area contributed by atoms with Crippen molar-refractivity contribution in [1.82, 2.24) is 14.1 Å². The Morgan fingerprint density at radius 3 is 2.61 bits per heavy atom. The normalized spacial score (nSPS) is 16.4. The number of hydrogen-bond acceptors (Lipinski definition) is 8. The summed E-state index contributed by atoms with van der Waals surface area (Å²) in [4.78, 5) is 39.4. The fourth-order valence-corrected chi connectivity index (χ4v) is 7.34. The molecule has 1 aromatic heterocycles. The van der Waals surface area contributed by atoms with Crippen LogP contribution < -0.4 is 0 Å². The number of amidine groups is 1. The number of carbonyl (C=O) groups is 3. The quantitative estimate of drug-likeness (QED) is 0.189. The van der Waals surface area contributed by atoms with Crippen LogP contribution in [0, 0.1) is 5.41 Å². The van der Waals surface area contributed by atoms with Crippen molar-refractivity contribution in [2.24, 2.45) is 0 Å². The average molecular weight is 577 g/mol. The summed E-state index contributed by atoms with van der Waals surface area (Å²) in [6.07, 6.45) is 0.706. The second-order valence-corrected chi connectivity index (χ2v) is 12.4. The molecule has 200 valence electrons. The molecule has 1 atom stereocenters. The first kappa shape index (κ1) is 27.7. The Labute approximate surface area is 228 Å². The highest BCUT2D eigenvalue weighted by molar-refractivity contribution is 7.91. The zero-order chi connectivity index (χ0) is 27.6. The van der Waals surface area contributed by atoms with Gasteiger partial charge in [0, 0.05) is 35.4 Å². The number of methoxy groups -OCH3 is 1. The fraction of sp³-hybridized carbons (Fsp3) is 0.280. The highest BCUT2D eigenvalue weighted by atomic mass is 35.5. The van der Waals surface area contributed by atoms with Gasteiger partial charge in [0.1, 0.15) is 22.4 Å². The zero-order valence-electron chi connectivity index (χ0n) is 20.6. The van der Waals surface area contributed by atoms with E-state index in [9.17, 15) is 22.8 Å². The summed E-state index contributed by atoms with van der Waals surface area (Å²) in [6, 6.07) is 12.3. The number of amides is 1. The van der Waals surface area contributed by atoms with E-state index in [-0.39, 0.29) is 29.7 Å². The number of sulfonamides is 1. The minimum absolute atomic E-state index is 0.0473. The summed E-state index contributed by atoms with van der Waals surface area (Å²) in [7, 11) is -1.25. The number of rotatable bonds is 8. The second kappa shape index (κ2) is 11.2. The van der Waals surface area contributed by atoms with Gasteiger partial charge in [0.2, 0.25) is 5.91 Å². The van der Waals surface area contributed by atoms with E-state index in [2.05, 4.69) is 0 Å². The number of likely N-dealkylation sites (N-methyl/N-ethyl adjacent to an activating group) is 1. The third kappa shape index (κ3) is 5.58. The van der Waals surface area contributed by atoms with E-state index in [1.165, 1.54) is 23.0 Å². The lowest BCUT2D eigenvalue weighted by Crippen LogP contribution is -2.60. The van der Waals surface area contributed by atoms with E-state index < -0.39 is 34.5 Å². The molecule has 4 rings (SSSR count). The highest BCUT2D eigenvalue weighted by Crippen LogP contribution is 2.33. The Morgan fingerprint density at radius 1 is 1.24 bits per heavy atom. The second-order valence-electron chi connectivity index (χ2n) is 8.70. The van der Waals surface area contributed by atoms with Crippen molar-refractivity contribution in [3.8, 4) is 0 Å². The number of halogens is 1. The Kier molecular flexibility index (Phi) is 8.16. The summed E-state index contributed by atoms with van der Waals surface area (Å²) < 4.78 is 33.6. The van der Waals surface area contributed by atoms with Gasteiger partial charge in [0.15, 0.2) is 0 Å². The minimum Gasteiger partial charge on any atom is -0.467 e. The molecule has 1 amide bonds. The first-order chi connectivity index (χ1) is 18.0. The van der Waals surface area contributed by atoms with Crippen LogP contribution in [0.15, 0.2) is 52.7 Å². The molecule has 10 nitrogen and oxygen atoms in total. The van der Waals surface area contributed by atoms with Crippen LogP contribution in [0.25, 0.3) is 10.1 Å². The van der Waals surface area contributed by atoms with Crippen molar-refractivity contribution in [1.29, 1.82) is 5.41 Å². The van der Waals surface area contributed by atoms with Gasteiger partial charge >= 0.3 is 5.97 Å². The number of fused-ring (bicyclic) bond motifs is 1. The first-order valence-electron chi connectivity index (χ1n) is 11.4. The molecule has 0 spiro atoms. The minimum atomic E-state index is -4.07. The Morgan fingerprint density at radius 2 is 1.95 bits per heavy atom. The van der Waals surface area contributed by atoms with Gasteiger partial charge in [-0.05, 0) is 29.1 Å².